The van der Waals surface area contributed by atoms with Crippen LogP contribution >= 0.6 is 11.6 Å². The monoisotopic (exact) mass is 613 g/mol. The van der Waals surface area contributed by atoms with Gasteiger partial charge in [0.25, 0.3) is 10.0 Å². The van der Waals surface area contributed by atoms with E-state index in [1.54, 1.807) is 62.6 Å². The van der Waals surface area contributed by atoms with E-state index in [2.05, 4.69) is 5.32 Å². The first-order valence-corrected chi connectivity index (χ1v) is 15.6. The fourth-order valence-electron chi connectivity index (χ4n) is 4.56. The van der Waals surface area contributed by atoms with E-state index in [-0.39, 0.29) is 23.0 Å². The second-order valence-electron chi connectivity index (χ2n) is 11.2. The van der Waals surface area contributed by atoms with Crippen molar-refractivity contribution in [3.63, 3.8) is 0 Å². The Kier molecular flexibility index (Phi) is 10.7. The number of halogens is 1. The fourth-order valence-corrected chi connectivity index (χ4v) is 6.20. The summed E-state index contributed by atoms with van der Waals surface area (Å²) in [4.78, 5) is 29.2. The Hall–Kier alpha value is -3.56. The number of nitrogens with one attached hydrogen (secondary N) is 1. The molecule has 42 heavy (non-hydrogen) atoms. The zero-order valence-electron chi connectivity index (χ0n) is 25.3. The van der Waals surface area contributed by atoms with E-state index in [9.17, 15) is 18.0 Å². The van der Waals surface area contributed by atoms with Gasteiger partial charge in [-0.3, -0.25) is 13.9 Å². The quantitative estimate of drug-likeness (QED) is 0.291. The third-order valence-electron chi connectivity index (χ3n) is 6.77. The van der Waals surface area contributed by atoms with Gasteiger partial charge in [-0.15, -0.1) is 0 Å². The Morgan fingerprint density at radius 2 is 1.64 bits per heavy atom. The highest BCUT2D eigenvalue weighted by atomic mass is 35.5. The number of hydrogen-bond acceptors (Lipinski definition) is 5. The molecule has 0 spiro atoms. The Bertz CT molecular complexity index is 1520. The second-order valence-corrected chi connectivity index (χ2v) is 13.5. The Balaban J connectivity index is 2.12. The van der Waals surface area contributed by atoms with Gasteiger partial charge in [-0.2, -0.15) is 0 Å². The minimum atomic E-state index is -4.20. The molecule has 0 aliphatic rings. The zero-order valence-corrected chi connectivity index (χ0v) is 26.8. The molecule has 10 heteroatoms. The highest BCUT2D eigenvalue weighted by Gasteiger charge is 2.35. The van der Waals surface area contributed by atoms with Crippen LogP contribution in [-0.4, -0.2) is 50.4 Å². The van der Waals surface area contributed by atoms with Crippen LogP contribution in [0.5, 0.6) is 5.75 Å². The van der Waals surface area contributed by atoms with Gasteiger partial charge >= 0.3 is 0 Å². The van der Waals surface area contributed by atoms with E-state index >= 15 is 0 Å². The summed E-state index contributed by atoms with van der Waals surface area (Å²) in [6.45, 7) is 10.5. The maximum Gasteiger partial charge on any atom is 0.264 e. The first-order chi connectivity index (χ1) is 19.7. The van der Waals surface area contributed by atoms with Crippen molar-refractivity contribution in [3.05, 3.63) is 88.4 Å². The van der Waals surface area contributed by atoms with Gasteiger partial charge in [-0.05, 0) is 88.6 Å². The molecule has 0 radical (unpaired) electrons. The van der Waals surface area contributed by atoms with Crippen LogP contribution in [0, 0.1) is 13.8 Å². The van der Waals surface area contributed by atoms with E-state index in [1.165, 1.54) is 17.0 Å². The molecule has 0 unspecified atom stereocenters. The van der Waals surface area contributed by atoms with Gasteiger partial charge in [0, 0.05) is 17.1 Å². The molecule has 3 aromatic rings. The molecule has 8 nitrogen and oxygen atoms in total. The lowest BCUT2D eigenvalue weighted by Gasteiger charge is -2.35. The predicted octanol–water partition coefficient (Wildman–Crippen LogP) is 5.88. The lowest BCUT2D eigenvalue weighted by molar-refractivity contribution is -0.141. The van der Waals surface area contributed by atoms with E-state index in [4.69, 9.17) is 16.3 Å². The smallest absolute Gasteiger partial charge is 0.264 e. The summed E-state index contributed by atoms with van der Waals surface area (Å²) in [5.74, 6) is -0.262. The normalized spacial score (nSPS) is 12.4. The van der Waals surface area contributed by atoms with Crippen molar-refractivity contribution in [3.8, 4) is 5.75 Å². The number of ether oxygens (including phenoxy) is 1. The number of amides is 2. The number of methoxy groups -OCH3 is 1. The number of anilines is 1. The third kappa shape index (κ3) is 8.04. The lowest BCUT2D eigenvalue weighted by atomic mass is 10.1. The maximum absolute atomic E-state index is 14.3. The van der Waals surface area contributed by atoms with Gasteiger partial charge < -0.3 is 15.0 Å². The number of aryl methyl sites for hydroxylation is 1. The molecule has 0 saturated carbocycles. The highest BCUT2D eigenvalue weighted by Crippen LogP contribution is 2.31. The summed E-state index contributed by atoms with van der Waals surface area (Å²) >= 11 is 6.40. The average molecular weight is 614 g/mol. The summed E-state index contributed by atoms with van der Waals surface area (Å²) in [7, 11) is -2.65. The molecular weight excluding hydrogens is 574 g/mol. The van der Waals surface area contributed by atoms with Crippen LogP contribution in [0.1, 0.15) is 50.8 Å². The van der Waals surface area contributed by atoms with Crippen molar-refractivity contribution in [2.24, 2.45) is 0 Å². The maximum atomic E-state index is 14.3. The number of nitrogens with zero attached hydrogens (tertiary/aromatic N) is 2. The number of hydrogen-bond donors (Lipinski definition) is 1. The predicted molar refractivity (Wildman–Crippen MR) is 167 cm³/mol. The summed E-state index contributed by atoms with van der Waals surface area (Å²) in [5, 5.41) is 3.34. The van der Waals surface area contributed by atoms with Gasteiger partial charge in [0.2, 0.25) is 11.8 Å². The van der Waals surface area contributed by atoms with Gasteiger partial charge in [-0.25, -0.2) is 8.42 Å². The summed E-state index contributed by atoms with van der Waals surface area (Å²) < 4.78 is 34.6. The van der Waals surface area contributed by atoms with Crippen molar-refractivity contribution >= 4 is 39.1 Å². The molecule has 0 aliphatic carbocycles. The van der Waals surface area contributed by atoms with Gasteiger partial charge in [0.15, 0.2) is 0 Å². The number of rotatable bonds is 11. The summed E-state index contributed by atoms with van der Waals surface area (Å²) in [6, 6.07) is 17.7. The molecule has 3 rings (SSSR count). The minimum Gasteiger partial charge on any atom is -0.497 e. The second kappa shape index (κ2) is 13.6. The molecule has 3 aromatic carbocycles. The average Bonchev–Trinajstić information content (AvgIpc) is 2.92. The standard InChI is InChI=1S/C32H40ClN3O5S/c1-8-28(31(38)34-32(4,5)6)35(20-24-11-9-12-25(19-24)41-7)30(37)21-36(29-14-10-13-27(33)23(29)3)42(39,40)26-17-15-22(2)16-18-26/h9-19,28H,8,20-21H2,1-7H3,(H,34,38)/t28-/m0/s1. The lowest BCUT2D eigenvalue weighted by Crippen LogP contribution is -2.55. The molecule has 0 heterocycles. The van der Waals surface area contributed by atoms with Gasteiger partial charge in [0.1, 0.15) is 18.3 Å². The van der Waals surface area contributed by atoms with Crippen LogP contribution in [0.4, 0.5) is 5.69 Å². The molecule has 0 bridgehead atoms. The molecule has 226 valence electrons. The van der Waals surface area contributed by atoms with E-state index in [0.717, 1.165) is 15.4 Å². The topological polar surface area (TPSA) is 96.0 Å². The van der Waals surface area contributed by atoms with Crippen LogP contribution in [-0.2, 0) is 26.2 Å². The van der Waals surface area contributed by atoms with E-state index in [1.807, 2.05) is 40.7 Å². The van der Waals surface area contributed by atoms with Crippen LogP contribution in [0.15, 0.2) is 71.6 Å². The van der Waals surface area contributed by atoms with Crippen LogP contribution < -0.4 is 14.4 Å². The highest BCUT2D eigenvalue weighted by molar-refractivity contribution is 7.92. The number of carbonyl (C=O) groups excluding carboxylic acids is 2. The van der Waals surface area contributed by atoms with Crippen molar-refractivity contribution in [1.29, 1.82) is 0 Å². The SMILES string of the molecule is CC[C@@H](C(=O)NC(C)(C)C)N(Cc1cccc(OC)c1)C(=O)CN(c1cccc(Cl)c1C)S(=O)(=O)c1ccc(C)cc1. The molecule has 1 N–H and O–H groups in total. The van der Waals surface area contributed by atoms with Crippen molar-refractivity contribution in [1.82, 2.24) is 10.2 Å². The number of carbonyl (C=O) groups is 2. The van der Waals surface area contributed by atoms with Crippen molar-refractivity contribution in [2.75, 3.05) is 18.0 Å². The van der Waals surface area contributed by atoms with E-state index in [0.29, 0.717) is 22.8 Å². The van der Waals surface area contributed by atoms with Crippen molar-refractivity contribution < 1.29 is 22.7 Å². The van der Waals surface area contributed by atoms with E-state index < -0.39 is 34.1 Å². The molecule has 0 fully saturated rings. The molecule has 1 atom stereocenters. The molecule has 0 aromatic heterocycles. The molecule has 0 saturated heterocycles. The Morgan fingerprint density at radius 1 is 1.00 bits per heavy atom. The first-order valence-electron chi connectivity index (χ1n) is 13.8. The zero-order chi connectivity index (χ0) is 31.2. The number of sulfonamides is 1. The molecule has 0 aliphatic heterocycles. The minimum absolute atomic E-state index is 0.0390. The van der Waals surface area contributed by atoms with Gasteiger partial charge in [-0.1, -0.05) is 54.4 Å². The summed E-state index contributed by atoms with van der Waals surface area (Å²) in [6.07, 6.45) is 0.318. The molecule has 2 amide bonds. The van der Waals surface area contributed by atoms with Crippen LogP contribution in [0.3, 0.4) is 0 Å². The van der Waals surface area contributed by atoms with Crippen LogP contribution in [0.2, 0.25) is 5.02 Å². The fraction of sp³-hybridized carbons (Fsp3) is 0.375. The first kappa shape index (κ1) is 32.9. The molecular formula is C32H40ClN3O5S. The van der Waals surface area contributed by atoms with Crippen molar-refractivity contribution in [2.45, 2.75) is 71.0 Å². The third-order valence-corrected chi connectivity index (χ3v) is 8.95. The van der Waals surface area contributed by atoms with Crippen LogP contribution in [0.25, 0.3) is 0 Å². The van der Waals surface area contributed by atoms with Gasteiger partial charge in [0.05, 0.1) is 17.7 Å². The Labute approximate surface area is 254 Å². The number of benzene rings is 3. The largest absolute Gasteiger partial charge is 0.497 e. The summed E-state index contributed by atoms with van der Waals surface area (Å²) in [5.41, 5.74) is 1.89. The Morgan fingerprint density at radius 3 is 2.24 bits per heavy atom.